The van der Waals surface area contributed by atoms with E-state index in [0.717, 1.165) is 38.5 Å². The van der Waals surface area contributed by atoms with Crippen LogP contribution in [-0.4, -0.2) is 10.2 Å². The third kappa shape index (κ3) is 2.94. The van der Waals surface area contributed by atoms with E-state index in [0.29, 0.717) is 0 Å². The second kappa shape index (κ2) is 7.25. The Labute approximate surface area is 167 Å². The van der Waals surface area contributed by atoms with Crippen molar-refractivity contribution in [1.82, 2.24) is 10.2 Å². The first-order valence-corrected chi connectivity index (χ1v) is 9.99. The van der Waals surface area contributed by atoms with Crippen LogP contribution < -0.4 is 4.90 Å². The van der Waals surface area contributed by atoms with E-state index in [1.807, 2.05) is 54.6 Å². The minimum atomic E-state index is 0.841. The van der Waals surface area contributed by atoms with Crippen LogP contribution in [-0.2, 0) is 0 Å². The van der Waals surface area contributed by atoms with Crippen LogP contribution in [0.2, 0.25) is 0 Å². The number of para-hydroxylation sites is 2. The summed E-state index contributed by atoms with van der Waals surface area (Å²) in [6.07, 6.45) is 0. The lowest BCUT2D eigenvalue weighted by atomic mass is 10.1. The second-order valence-electron chi connectivity index (χ2n) is 6.41. The number of nitrogens with zero attached hydrogens (tertiary/aromatic N) is 3. The number of hydrogen-bond acceptors (Lipinski definition) is 4. The van der Waals surface area contributed by atoms with Crippen molar-refractivity contribution < 1.29 is 0 Å². The van der Waals surface area contributed by atoms with Crippen molar-refractivity contribution >= 4 is 38.6 Å². The molecule has 28 heavy (non-hydrogen) atoms. The molecule has 3 aromatic carbocycles. The second-order valence-corrected chi connectivity index (χ2v) is 7.32. The summed E-state index contributed by atoms with van der Waals surface area (Å²) in [6.45, 7) is 0. The number of anilines is 3. The molecule has 0 aliphatic heterocycles. The van der Waals surface area contributed by atoms with Crippen LogP contribution in [0, 0.1) is 0 Å². The predicted molar refractivity (Wildman–Crippen MR) is 118 cm³/mol. The van der Waals surface area contributed by atoms with E-state index in [1.54, 1.807) is 11.3 Å². The third-order valence-electron chi connectivity index (χ3n) is 4.65. The lowest BCUT2D eigenvalue weighted by molar-refractivity contribution is 1.03. The van der Waals surface area contributed by atoms with Gasteiger partial charge in [0.15, 0.2) is 5.82 Å². The molecule has 2 heterocycles. The fourth-order valence-electron chi connectivity index (χ4n) is 3.36. The Morgan fingerprint density at radius 3 is 1.79 bits per heavy atom. The van der Waals surface area contributed by atoms with Crippen LogP contribution in [0.15, 0.2) is 102 Å². The number of fused-ring (bicyclic) bond motifs is 1. The van der Waals surface area contributed by atoms with Gasteiger partial charge in [-0.15, -0.1) is 21.5 Å². The first-order valence-electron chi connectivity index (χ1n) is 9.11. The Kier molecular flexibility index (Phi) is 4.31. The topological polar surface area (TPSA) is 29.0 Å². The zero-order chi connectivity index (χ0) is 18.8. The van der Waals surface area contributed by atoms with Gasteiger partial charge in [-0.3, -0.25) is 4.90 Å². The van der Waals surface area contributed by atoms with Crippen molar-refractivity contribution in [2.75, 3.05) is 4.90 Å². The maximum absolute atomic E-state index is 4.69. The molecule has 0 radical (unpaired) electrons. The van der Waals surface area contributed by atoms with Gasteiger partial charge in [0.2, 0.25) is 0 Å². The van der Waals surface area contributed by atoms with E-state index in [9.17, 15) is 0 Å². The molecular weight excluding hydrogens is 362 g/mol. The molecule has 2 aromatic heterocycles. The van der Waals surface area contributed by atoms with Crippen LogP contribution >= 0.6 is 11.3 Å². The Bertz CT molecular complexity index is 1160. The molecule has 0 bridgehead atoms. The van der Waals surface area contributed by atoms with E-state index < -0.39 is 0 Å². The van der Waals surface area contributed by atoms with E-state index in [-0.39, 0.29) is 0 Å². The Balaban J connectivity index is 1.74. The van der Waals surface area contributed by atoms with Crippen LogP contribution in [0.3, 0.4) is 0 Å². The van der Waals surface area contributed by atoms with Gasteiger partial charge in [-0.2, -0.15) is 0 Å². The highest BCUT2D eigenvalue weighted by molar-refractivity contribution is 7.17. The summed E-state index contributed by atoms with van der Waals surface area (Å²) >= 11 is 1.70. The minimum Gasteiger partial charge on any atom is -0.293 e. The zero-order valence-electron chi connectivity index (χ0n) is 15.1. The Hall–Kier alpha value is -3.50. The number of hydrogen-bond donors (Lipinski definition) is 0. The summed E-state index contributed by atoms with van der Waals surface area (Å²) in [7, 11) is 0. The molecule has 0 unspecified atom stereocenters. The molecule has 0 saturated heterocycles. The largest absolute Gasteiger partial charge is 0.293 e. The first kappa shape index (κ1) is 16.7. The summed E-state index contributed by atoms with van der Waals surface area (Å²) in [4.78, 5) is 2.16. The number of thiophene rings is 1. The maximum atomic E-state index is 4.69. The smallest absolute Gasteiger partial charge is 0.169 e. The molecule has 5 rings (SSSR count). The molecule has 0 spiro atoms. The summed E-state index contributed by atoms with van der Waals surface area (Å²) in [6, 6.07) is 33.0. The van der Waals surface area contributed by atoms with Crippen LogP contribution in [0.4, 0.5) is 17.2 Å². The maximum Gasteiger partial charge on any atom is 0.169 e. The molecule has 3 nitrogen and oxygen atoms in total. The normalized spacial score (nSPS) is 10.9. The highest BCUT2D eigenvalue weighted by atomic mass is 32.1. The lowest BCUT2D eigenvalue weighted by Gasteiger charge is -2.24. The molecule has 0 aliphatic rings. The molecule has 0 fully saturated rings. The predicted octanol–water partition coefficient (Wildman–Crippen LogP) is 6.83. The summed E-state index contributed by atoms with van der Waals surface area (Å²) in [5.74, 6) is 0.841. The van der Waals surface area contributed by atoms with E-state index in [4.69, 9.17) is 5.10 Å². The SMILES string of the molecule is c1ccc(-c2nnc(N(c3ccccc3)c3ccccc3)c3ccsc23)cc1. The fourth-order valence-corrected chi connectivity index (χ4v) is 4.26. The van der Waals surface area contributed by atoms with Gasteiger partial charge >= 0.3 is 0 Å². The van der Waals surface area contributed by atoms with Gasteiger partial charge in [-0.1, -0.05) is 66.7 Å². The van der Waals surface area contributed by atoms with Crippen molar-refractivity contribution in [3.63, 3.8) is 0 Å². The van der Waals surface area contributed by atoms with Crippen LogP contribution in [0.25, 0.3) is 21.3 Å². The zero-order valence-corrected chi connectivity index (χ0v) is 15.9. The van der Waals surface area contributed by atoms with Gasteiger partial charge < -0.3 is 0 Å². The monoisotopic (exact) mass is 379 g/mol. The van der Waals surface area contributed by atoms with Crippen LogP contribution in [0.1, 0.15) is 0 Å². The molecule has 134 valence electrons. The van der Waals surface area contributed by atoms with Crippen molar-refractivity contribution in [2.45, 2.75) is 0 Å². The average Bonchev–Trinajstić information content (AvgIpc) is 3.26. The van der Waals surface area contributed by atoms with Crippen molar-refractivity contribution in [3.8, 4) is 11.3 Å². The van der Waals surface area contributed by atoms with E-state index in [1.165, 1.54) is 0 Å². The molecule has 4 heteroatoms. The fraction of sp³-hybridized carbons (Fsp3) is 0. The number of rotatable bonds is 4. The molecule has 5 aromatic rings. The summed E-state index contributed by atoms with van der Waals surface area (Å²) in [5, 5.41) is 12.5. The third-order valence-corrected chi connectivity index (χ3v) is 5.57. The number of aromatic nitrogens is 2. The van der Waals surface area contributed by atoms with Gasteiger partial charge in [0.25, 0.3) is 0 Å². The molecular formula is C24H17N3S. The molecule has 0 aliphatic carbocycles. The van der Waals surface area contributed by atoms with Crippen molar-refractivity contribution in [2.24, 2.45) is 0 Å². The van der Waals surface area contributed by atoms with Gasteiger partial charge in [-0.25, -0.2) is 0 Å². The average molecular weight is 379 g/mol. The summed E-state index contributed by atoms with van der Waals surface area (Å²) in [5.41, 5.74) is 4.13. The van der Waals surface area contributed by atoms with Crippen molar-refractivity contribution in [3.05, 3.63) is 102 Å². The number of benzene rings is 3. The minimum absolute atomic E-state index is 0.841. The standard InChI is InChI=1S/C24H17N3S/c1-4-10-18(11-5-1)22-23-21(16-17-28-23)24(26-25-22)27(19-12-6-2-7-13-19)20-14-8-3-9-15-20/h1-17H. The Morgan fingerprint density at radius 2 is 1.18 bits per heavy atom. The lowest BCUT2D eigenvalue weighted by Crippen LogP contribution is -2.12. The van der Waals surface area contributed by atoms with Gasteiger partial charge in [0.1, 0.15) is 5.69 Å². The van der Waals surface area contributed by atoms with E-state index >= 15 is 0 Å². The van der Waals surface area contributed by atoms with Gasteiger partial charge in [-0.05, 0) is 35.7 Å². The Morgan fingerprint density at radius 1 is 0.607 bits per heavy atom. The molecule has 0 atom stereocenters. The highest BCUT2D eigenvalue weighted by Gasteiger charge is 2.20. The van der Waals surface area contributed by atoms with Gasteiger partial charge in [0.05, 0.1) is 4.70 Å². The molecule has 0 N–H and O–H groups in total. The highest BCUT2D eigenvalue weighted by Crippen LogP contribution is 2.40. The van der Waals surface area contributed by atoms with Gasteiger partial charge in [0, 0.05) is 22.3 Å². The van der Waals surface area contributed by atoms with Crippen LogP contribution in [0.5, 0.6) is 0 Å². The first-order chi connectivity index (χ1) is 13.9. The van der Waals surface area contributed by atoms with E-state index in [2.05, 4.69) is 57.8 Å². The molecule has 0 saturated carbocycles. The van der Waals surface area contributed by atoms with Crippen molar-refractivity contribution in [1.29, 1.82) is 0 Å². The molecule has 0 amide bonds. The quantitative estimate of drug-likeness (QED) is 0.343. The summed E-state index contributed by atoms with van der Waals surface area (Å²) < 4.78 is 1.15.